The number of para-hydroxylation sites is 1. The van der Waals surface area contributed by atoms with Crippen molar-refractivity contribution in [1.29, 1.82) is 0 Å². The van der Waals surface area contributed by atoms with Crippen LogP contribution in [0.5, 0.6) is 0 Å². The fourth-order valence-corrected chi connectivity index (χ4v) is 2.86. The third-order valence-corrected chi connectivity index (χ3v) is 3.97. The molecule has 1 aromatic heterocycles. The summed E-state index contributed by atoms with van der Waals surface area (Å²) in [5.41, 5.74) is 4.14. The Bertz CT molecular complexity index is 588. The molecule has 3 rings (SSSR count). The SMILES string of the molecule is CCNCc1cc(CN2CCc3ccccc32)c(C)o1. The number of fused-ring (bicyclic) bond motifs is 1. The number of nitrogens with zero attached hydrogens (tertiary/aromatic N) is 1. The van der Waals surface area contributed by atoms with Crippen molar-refractivity contribution < 1.29 is 4.42 Å². The zero-order chi connectivity index (χ0) is 13.9. The number of anilines is 1. The van der Waals surface area contributed by atoms with E-state index < -0.39 is 0 Å². The van der Waals surface area contributed by atoms with Crippen molar-refractivity contribution in [1.82, 2.24) is 5.32 Å². The summed E-state index contributed by atoms with van der Waals surface area (Å²) in [6, 6.07) is 10.9. The van der Waals surface area contributed by atoms with Crippen LogP contribution in [0.1, 0.15) is 29.6 Å². The van der Waals surface area contributed by atoms with Crippen LogP contribution in [0, 0.1) is 6.92 Å². The Morgan fingerprint density at radius 2 is 2.15 bits per heavy atom. The van der Waals surface area contributed by atoms with Gasteiger partial charge in [-0.05, 0) is 37.6 Å². The number of hydrogen-bond acceptors (Lipinski definition) is 3. The first kappa shape index (κ1) is 13.3. The molecule has 3 nitrogen and oxygen atoms in total. The van der Waals surface area contributed by atoms with Gasteiger partial charge in [0.2, 0.25) is 0 Å². The molecule has 20 heavy (non-hydrogen) atoms. The average Bonchev–Trinajstić information content (AvgIpc) is 3.02. The van der Waals surface area contributed by atoms with Crippen molar-refractivity contribution in [2.24, 2.45) is 0 Å². The van der Waals surface area contributed by atoms with E-state index in [0.29, 0.717) is 0 Å². The molecule has 1 aromatic carbocycles. The van der Waals surface area contributed by atoms with E-state index in [0.717, 1.165) is 44.1 Å². The number of nitrogens with one attached hydrogen (secondary N) is 1. The number of rotatable bonds is 5. The van der Waals surface area contributed by atoms with Gasteiger partial charge in [-0.1, -0.05) is 25.1 Å². The van der Waals surface area contributed by atoms with Crippen LogP contribution in [-0.2, 0) is 19.5 Å². The van der Waals surface area contributed by atoms with Gasteiger partial charge in [0, 0.05) is 24.3 Å². The number of furan rings is 1. The third kappa shape index (κ3) is 2.59. The maximum atomic E-state index is 5.83. The van der Waals surface area contributed by atoms with E-state index in [2.05, 4.69) is 54.4 Å². The highest BCUT2D eigenvalue weighted by Crippen LogP contribution is 2.29. The first-order valence-electron chi connectivity index (χ1n) is 7.39. The van der Waals surface area contributed by atoms with Gasteiger partial charge in [-0.2, -0.15) is 0 Å². The highest BCUT2D eigenvalue weighted by Gasteiger charge is 2.20. The zero-order valence-electron chi connectivity index (χ0n) is 12.3. The van der Waals surface area contributed by atoms with E-state index in [1.807, 2.05) is 0 Å². The molecule has 0 fully saturated rings. The van der Waals surface area contributed by atoms with Gasteiger partial charge in [0.1, 0.15) is 11.5 Å². The Morgan fingerprint density at radius 3 is 3.00 bits per heavy atom. The second-order valence-corrected chi connectivity index (χ2v) is 5.37. The van der Waals surface area contributed by atoms with E-state index >= 15 is 0 Å². The van der Waals surface area contributed by atoms with Gasteiger partial charge in [-0.15, -0.1) is 0 Å². The molecule has 0 aliphatic carbocycles. The monoisotopic (exact) mass is 270 g/mol. The van der Waals surface area contributed by atoms with Crippen LogP contribution in [0.4, 0.5) is 5.69 Å². The van der Waals surface area contributed by atoms with Crippen LogP contribution in [0.2, 0.25) is 0 Å². The number of aryl methyl sites for hydroxylation is 1. The Hall–Kier alpha value is -1.74. The summed E-state index contributed by atoms with van der Waals surface area (Å²) in [6.45, 7) is 8.00. The van der Waals surface area contributed by atoms with Crippen LogP contribution in [-0.4, -0.2) is 13.1 Å². The van der Waals surface area contributed by atoms with E-state index in [1.54, 1.807) is 0 Å². The fourth-order valence-electron chi connectivity index (χ4n) is 2.86. The molecular weight excluding hydrogens is 248 g/mol. The molecule has 0 amide bonds. The second-order valence-electron chi connectivity index (χ2n) is 5.37. The molecule has 0 unspecified atom stereocenters. The highest BCUT2D eigenvalue weighted by molar-refractivity contribution is 5.58. The summed E-state index contributed by atoms with van der Waals surface area (Å²) in [6.07, 6.45) is 1.15. The molecule has 2 heterocycles. The quantitative estimate of drug-likeness (QED) is 0.904. The molecule has 0 saturated carbocycles. The fraction of sp³-hybridized carbons (Fsp3) is 0.412. The first-order valence-corrected chi connectivity index (χ1v) is 7.39. The summed E-state index contributed by atoms with van der Waals surface area (Å²) in [5.74, 6) is 2.08. The summed E-state index contributed by atoms with van der Waals surface area (Å²) in [7, 11) is 0. The van der Waals surface area contributed by atoms with Crippen molar-refractivity contribution in [2.75, 3.05) is 18.0 Å². The van der Waals surface area contributed by atoms with Crippen molar-refractivity contribution in [3.8, 4) is 0 Å². The van der Waals surface area contributed by atoms with Crippen LogP contribution >= 0.6 is 0 Å². The van der Waals surface area contributed by atoms with E-state index in [1.165, 1.54) is 16.8 Å². The molecule has 2 aromatic rings. The Labute approximate surface area is 120 Å². The highest BCUT2D eigenvalue weighted by atomic mass is 16.3. The Kier molecular flexibility index (Phi) is 3.79. The molecule has 1 N–H and O–H groups in total. The van der Waals surface area contributed by atoms with Crippen LogP contribution < -0.4 is 10.2 Å². The van der Waals surface area contributed by atoms with Gasteiger partial charge in [0.15, 0.2) is 0 Å². The molecular formula is C17H22N2O. The molecule has 3 heteroatoms. The topological polar surface area (TPSA) is 28.4 Å². The minimum absolute atomic E-state index is 0.813. The molecule has 0 saturated heterocycles. The van der Waals surface area contributed by atoms with Gasteiger partial charge in [0.25, 0.3) is 0 Å². The van der Waals surface area contributed by atoms with Gasteiger partial charge >= 0.3 is 0 Å². The molecule has 1 aliphatic rings. The molecule has 106 valence electrons. The van der Waals surface area contributed by atoms with Crippen LogP contribution in [0.15, 0.2) is 34.7 Å². The Morgan fingerprint density at radius 1 is 1.30 bits per heavy atom. The molecule has 0 spiro atoms. The van der Waals surface area contributed by atoms with Crippen molar-refractivity contribution >= 4 is 5.69 Å². The van der Waals surface area contributed by atoms with E-state index in [9.17, 15) is 0 Å². The van der Waals surface area contributed by atoms with Crippen molar-refractivity contribution in [3.05, 3.63) is 53.0 Å². The van der Waals surface area contributed by atoms with E-state index in [4.69, 9.17) is 4.42 Å². The maximum Gasteiger partial charge on any atom is 0.118 e. The normalized spacial score (nSPS) is 13.8. The predicted octanol–water partition coefficient (Wildman–Crippen LogP) is 3.26. The lowest BCUT2D eigenvalue weighted by molar-refractivity contribution is 0.463. The largest absolute Gasteiger partial charge is 0.465 e. The smallest absolute Gasteiger partial charge is 0.118 e. The molecule has 0 bridgehead atoms. The van der Waals surface area contributed by atoms with Gasteiger partial charge in [0.05, 0.1) is 6.54 Å². The van der Waals surface area contributed by atoms with Gasteiger partial charge < -0.3 is 14.6 Å². The summed E-state index contributed by atoms with van der Waals surface area (Å²) < 4.78 is 5.83. The molecule has 1 aliphatic heterocycles. The van der Waals surface area contributed by atoms with Crippen LogP contribution in [0.3, 0.4) is 0 Å². The Balaban J connectivity index is 1.74. The standard InChI is InChI=1S/C17H22N2O/c1-3-18-11-16-10-15(13(2)20-16)12-19-9-8-14-6-4-5-7-17(14)19/h4-7,10,18H,3,8-9,11-12H2,1-2H3. The number of benzene rings is 1. The lowest BCUT2D eigenvalue weighted by Crippen LogP contribution is -2.19. The zero-order valence-corrected chi connectivity index (χ0v) is 12.3. The lowest BCUT2D eigenvalue weighted by Gasteiger charge is -2.18. The third-order valence-electron chi connectivity index (χ3n) is 3.97. The summed E-state index contributed by atoms with van der Waals surface area (Å²) >= 11 is 0. The van der Waals surface area contributed by atoms with Gasteiger partial charge in [-0.3, -0.25) is 0 Å². The second kappa shape index (κ2) is 5.71. The van der Waals surface area contributed by atoms with Crippen molar-refractivity contribution in [3.63, 3.8) is 0 Å². The lowest BCUT2D eigenvalue weighted by atomic mass is 10.2. The molecule has 0 radical (unpaired) electrons. The molecule has 0 atom stereocenters. The minimum Gasteiger partial charge on any atom is -0.465 e. The van der Waals surface area contributed by atoms with E-state index in [-0.39, 0.29) is 0 Å². The first-order chi connectivity index (χ1) is 9.78. The number of hydrogen-bond donors (Lipinski definition) is 1. The minimum atomic E-state index is 0.813. The van der Waals surface area contributed by atoms with Crippen molar-refractivity contribution in [2.45, 2.75) is 33.4 Å². The summed E-state index contributed by atoms with van der Waals surface area (Å²) in [5, 5.41) is 3.31. The maximum absolute atomic E-state index is 5.83. The predicted molar refractivity (Wildman–Crippen MR) is 82.0 cm³/mol. The summed E-state index contributed by atoms with van der Waals surface area (Å²) in [4.78, 5) is 2.45. The van der Waals surface area contributed by atoms with Crippen LogP contribution in [0.25, 0.3) is 0 Å². The average molecular weight is 270 g/mol. The van der Waals surface area contributed by atoms with Gasteiger partial charge in [-0.25, -0.2) is 0 Å².